The maximum absolute atomic E-state index is 11.6. The molecular formula is C20H20ClN3O3. The van der Waals surface area contributed by atoms with Crippen LogP contribution in [-0.4, -0.2) is 46.2 Å². The molecule has 1 aliphatic rings. The Morgan fingerprint density at radius 2 is 2.07 bits per heavy atom. The molecule has 2 aromatic heterocycles. The Labute approximate surface area is 162 Å². The van der Waals surface area contributed by atoms with Gasteiger partial charge in [-0.3, -0.25) is 4.79 Å². The first-order valence-corrected chi connectivity index (χ1v) is 9.23. The molecule has 0 radical (unpaired) electrons. The van der Waals surface area contributed by atoms with Gasteiger partial charge in [0, 0.05) is 38.0 Å². The van der Waals surface area contributed by atoms with Crippen LogP contribution in [0.25, 0.3) is 22.9 Å². The molecule has 1 saturated heterocycles. The second-order valence-corrected chi connectivity index (χ2v) is 6.91. The summed E-state index contributed by atoms with van der Waals surface area (Å²) in [4.78, 5) is 17.9. The maximum Gasteiger partial charge on any atom is 0.219 e. The smallest absolute Gasteiger partial charge is 0.219 e. The molecule has 0 bridgehead atoms. The molecule has 3 aromatic rings. The zero-order chi connectivity index (χ0) is 18.8. The Kier molecular flexibility index (Phi) is 5.01. The molecule has 0 aliphatic carbocycles. The quantitative estimate of drug-likeness (QED) is 0.686. The van der Waals surface area contributed by atoms with Crippen LogP contribution in [0, 0.1) is 0 Å². The molecule has 7 heteroatoms. The Hall–Kier alpha value is -2.57. The number of ether oxygens (including phenoxy) is 1. The molecule has 1 amide bonds. The average Bonchev–Trinajstić information content (AvgIpc) is 3.31. The zero-order valence-electron chi connectivity index (χ0n) is 15.0. The molecule has 3 heterocycles. The lowest BCUT2D eigenvalue weighted by Crippen LogP contribution is -2.46. The number of halogens is 1. The van der Waals surface area contributed by atoms with E-state index in [0.717, 1.165) is 11.4 Å². The third-order valence-electron chi connectivity index (χ3n) is 4.67. The minimum atomic E-state index is -0.0754. The third-order valence-corrected chi connectivity index (χ3v) is 5.00. The molecule has 1 atom stereocenters. The van der Waals surface area contributed by atoms with Crippen LogP contribution in [0.5, 0.6) is 0 Å². The summed E-state index contributed by atoms with van der Waals surface area (Å²) in [6.07, 6.45) is 3.55. The van der Waals surface area contributed by atoms with Crippen LogP contribution in [0.1, 0.15) is 6.92 Å². The Balaban J connectivity index is 1.54. The number of morpholine rings is 1. The van der Waals surface area contributed by atoms with Crippen molar-refractivity contribution in [2.75, 3.05) is 19.7 Å². The molecular weight excluding hydrogens is 366 g/mol. The number of imidazole rings is 1. The minimum Gasteiger partial charge on any atom is -0.453 e. The molecule has 0 N–H and O–H groups in total. The third kappa shape index (κ3) is 3.77. The lowest BCUT2D eigenvalue weighted by molar-refractivity contribution is -0.136. The van der Waals surface area contributed by atoms with Crippen molar-refractivity contribution < 1.29 is 13.9 Å². The van der Waals surface area contributed by atoms with Crippen LogP contribution in [0.15, 0.2) is 53.2 Å². The van der Waals surface area contributed by atoms with E-state index in [4.69, 9.17) is 20.8 Å². The van der Waals surface area contributed by atoms with Crippen molar-refractivity contribution in [3.8, 4) is 22.9 Å². The summed E-state index contributed by atoms with van der Waals surface area (Å²) < 4.78 is 13.8. The van der Waals surface area contributed by atoms with E-state index in [-0.39, 0.29) is 12.0 Å². The predicted octanol–water partition coefficient (Wildman–Crippen LogP) is 3.71. The lowest BCUT2D eigenvalue weighted by atomic mass is 10.2. The van der Waals surface area contributed by atoms with Crippen molar-refractivity contribution in [2.45, 2.75) is 19.6 Å². The van der Waals surface area contributed by atoms with Crippen LogP contribution in [0.2, 0.25) is 5.02 Å². The summed E-state index contributed by atoms with van der Waals surface area (Å²) in [6, 6.07) is 11.3. The highest BCUT2D eigenvalue weighted by molar-refractivity contribution is 6.33. The first-order valence-electron chi connectivity index (χ1n) is 8.85. The van der Waals surface area contributed by atoms with Gasteiger partial charge in [-0.1, -0.05) is 23.7 Å². The predicted molar refractivity (Wildman–Crippen MR) is 102 cm³/mol. The summed E-state index contributed by atoms with van der Waals surface area (Å²) in [5.41, 5.74) is 0.844. The normalized spacial score (nSPS) is 17.3. The van der Waals surface area contributed by atoms with E-state index < -0.39 is 0 Å². The molecule has 0 saturated carbocycles. The van der Waals surface area contributed by atoms with Gasteiger partial charge < -0.3 is 18.6 Å². The van der Waals surface area contributed by atoms with Gasteiger partial charge in [-0.15, -0.1) is 0 Å². The van der Waals surface area contributed by atoms with Gasteiger partial charge in [-0.05, 0) is 24.3 Å². The highest BCUT2D eigenvalue weighted by Crippen LogP contribution is 2.32. The Morgan fingerprint density at radius 1 is 1.26 bits per heavy atom. The number of amides is 1. The van der Waals surface area contributed by atoms with E-state index in [0.29, 0.717) is 42.8 Å². The molecule has 1 fully saturated rings. The number of hydrogen-bond donors (Lipinski definition) is 0. The number of hydrogen-bond acceptors (Lipinski definition) is 4. The maximum atomic E-state index is 11.6. The van der Waals surface area contributed by atoms with E-state index in [9.17, 15) is 4.79 Å². The molecule has 0 spiro atoms. The van der Waals surface area contributed by atoms with Gasteiger partial charge >= 0.3 is 0 Å². The van der Waals surface area contributed by atoms with Gasteiger partial charge in [0.1, 0.15) is 5.76 Å². The van der Waals surface area contributed by atoms with Gasteiger partial charge in [-0.25, -0.2) is 4.98 Å². The van der Waals surface area contributed by atoms with Gasteiger partial charge in [0.05, 0.1) is 24.3 Å². The minimum absolute atomic E-state index is 0.0737. The lowest BCUT2D eigenvalue weighted by Gasteiger charge is -2.32. The first kappa shape index (κ1) is 17.8. The molecule has 140 valence electrons. The monoisotopic (exact) mass is 385 g/mol. The fraction of sp³-hybridized carbons (Fsp3) is 0.300. The molecule has 27 heavy (non-hydrogen) atoms. The van der Waals surface area contributed by atoms with Crippen molar-refractivity contribution in [3.63, 3.8) is 0 Å². The van der Waals surface area contributed by atoms with Crippen LogP contribution in [-0.2, 0) is 16.1 Å². The largest absolute Gasteiger partial charge is 0.453 e. The van der Waals surface area contributed by atoms with Gasteiger partial charge in [0.2, 0.25) is 5.91 Å². The topological polar surface area (TPSA) is 60.5 Å². The van der Waals surface area contributed by atoms with Crippen LogP contribution in [0.4, 0.5) is 0 Å². The fourth-order valence-electron chi connectivity index (χ4n) is 3.28. The van der Waals surface area contributed by atoms with Crippen molar-refractivity contribution in [3.05, 3.63) is 53.8 Å². The van der Waals surface area contributed by atoms with Gasteiger partial charge in [0.15, 0.2) is 11.6 Å². The molecule has 1 aromatic carbocycles. The number of furan rings is 1. The number of nitrogens with zero attached hydrogens (tertiary/aromatic N) is 3. The van der Waals surface area contributed by atoms with Crippen molar-refractivity contribution in [1.29, 1.82) is 0 Å². The first-order chi connectivity index (χ1) is 13.1. The van der Waals surface area contributed by atoms with E-state index in [1.54, 1.807) is 13.1 Å². The van der Waals surface area contributed by atoms with Gasteiger partial charge in [-0.2, -0.15) is 0 Å². The van der Waals surface area contributed by atoms with E-state index in [1.807, 2.05) is 52.1 Å². The number of benzene rings is 1. The number of carbonyl (C=O) groups is 1. The Morgan fingerprint density at radius 3 is 2.89 bits per heavy atom. The number of aromatic nitrogens is 2. The average molecular weight is 386 g/mol. The standard InChI is InChI=1S/C20H20ClN3O3/c1-14(25)23-10-11-26-15(12-23)13-24-9-8-22-20(24)19-7-6-18(27-19)16-4-2-3-5-17(16)21/h2-9,15H,10-13H2,1H3/t15-/m0/s1. The molecule has 1 aliphatic heterocycles. The van der Waals surface area contributed by atoms with E-state index >= 15 is 0 Å². The summed E-state index contributed by atoms with van der Waals surface area (Å²) in [5, 5.41) is 0.640. The number of rotatable bonds is 4. The summed E-state index contributed by atoms with van der Waals surface area (Å²) in [6.45, 7) is 3.95. The SMILES string of the molecule is CC(=O)N1CCO[C@H](Cn2ccnc2-c2ccc(-c3ccccc3Cl)o2)C1. The molecule has 0 unspecified atom stereocenters. The Bertz CT molecular complexity index is 949. The van der Waals surface area contributed by atoms with Crippen molar-refractivity contribution in [1.82, 2.24) is 14.5 Å². The van der Waals surface area contributed by atoms with Crippen LogP contribution in [0.3, 0.4) is 0 Å². The zero-order valence-corrected chi connectivity index (χ0v) is 15.7. The summed E-state index contributed by atoms with van der Waals surface area (Å²) in [5.74, 6) is 2.15. The summed E-state index contributed by atoms with van der Waals surface area (Å²) in [7, 11) is 0. The van der Waals surface area contributed by atoms with Crippen molar-refractivity contribution >= 4 is 17.5 Å². The molecule has 6 nitrogen and oxygen atoms in total. The fourth-order valence-corrected chi connectivity index (χ4v) is 3.51. The summed E-state index contributed by atoms with van der Waals surface area (Å²) >= 11 is 6.26. The second-order valence-electron chi connectivity index (χ2n) is 6.50. The molecule has 4 rings (SSSR count). The van der Waals surface area contributed by atoms with Crippen LogP contribution < -0.4 is 0 Å². The van der Waals surface area contributed by atoms with Crippen LogP contribution >= 0.6 is 11.6 Å². The number of carbonyl (C=O) groups excluding carboxylic acids is 1. The highest BCUT2D eigenvalue weighted by Gasteiger charge is 2.24. The van der Waals surface area contributed by atoms with Crippen molar-refractivity contribution in [2.24, 2.45) is 0 Å². The highest BCUT2D eigenvalue weighted by atomic mass is 35.5. The van der Waals surface area contributed by atoms with E-state index in [1.165, 1.54) is 0 Å². The van der Waals surface area contributed by atoms with E-state index in [2.05, 4.69) is 4.98 Å². The van der Waals surface area contributed by atoms with Gasteiger partial charge in [0.25, 0.3) is 0 Å². The second kappa shape index (κ2) is 7.58.